The van der Waals surface area contributed by atoms with Crippen molar-refractivity contribution in [1.82, 2.24) is 0 Å². The second-order valence-electron chi connectivity index (χ2n) is 16.9. The molecule has 0 aromatic heterocycles. The first-order chi connectivity index (χ1) is 32.8. The monoisotopic (exact) mass is 845 g/mol. The third-order valence-corrected chi connectivity index (χ3v) is 13.0. The van der Waals surface area contributed by atoms with E-state index < -0.39 is 0 Å². The summed E-state index contributed by atoms with van der Waals surface area (Å²) in [6.07, 6.45) is 0. The van der Waals surface area contributed by atoms with Crippen molar-refractivity contribution in [2.45, 2.75) is 0 Å². The van der Waals surface area contributed by atoms with E-state index in [-0.39, 0.29) is 6.71 Å². The molecular formula is C60H40BN3O2. The highest BCUT2D eigenvalue weighted by Gasteiger charge is 2.50. The molecule has 0 aliphatic carbocycles. The van der Waals surface area contributed by atoms with Gasteiger partial charge in [-0.3, -0.25) is 0 Å². The van der Waals surface area contributed by atoms with E-state index in [0.717, 1.165) is 113 Å². The van der Waals surface area contributed by atoms with E-state index in [4.69, 9.17) is 9.47 Å². The topological polar surface area (TPSA) is 28.2 Å². The van der Waals surface area contributed by atoms with Crippen molar-refractivity contribution >= 4 is 74.3 Å². The van der Waals surface area contributed by atoms with Gasteiger partial charge < -0.3 is 24.2 Å². The SMILES string of the molecule is c1ccc(-c2cc(-c3ccccc3)c3c4c2Oc2cc(N(c5ccccc5)c5ccccc5)cc5c2B4c2c(cc(N(c4ccccc4)c4ccccc4)cc2N5c2ccccc2)O3)cc1. The molecule has 0 bridgehead atoms. The Labute approximate surface area is 384 Å². The minimum atomic E-state index is -0.217. The van der Waals surface area contributed by atoms with Gasteiger partial charge >= 0.3 is 0 Å². The van der Waals surface area contributed by atoms with Gasteiger partial charge in [0.25, 0.3) is 6.71 Å². The zero-order valence-corrected chi connectivity index (χ0v) is 35.8. The molecule has 0 unspecified atom stereocenters. The Morgan fingerprint density at radius 3 is 1.02 bits per heavy atom. The quantitative estimate of drug-likeness (QED) is 0.135. The van der Waals surface area contributed by atoms with Crippen molar-refractivity contribution in [3.05, 3.63) is 243 Å². The lowest BCUT2D eigenvalue weighted by atomic mass is 9.33. The largest absolute Gasteiger partial charge is 0.457 e. The Kier molecular flexibility index (Phi) is 8.88. The smallest absolute Gasteiger partial charge is 0.266 e. The lowest BCUT2D eigenvalue weighted by Crippen LogP contribution is -2.61. The Morgan fingerprint density at radius 2 is 0.652 bits per heavy atom. The molecule has 310 valence electrons. The molecule has 6 heteroatoms. The zero-order valence-electron chi connectivity index (χ0n) is 35.8. The van der Waals surface area contributed by atoms with Gasteiger partial charge in [0.15, 0.2) is 0 Å². The highest BCUT2D eigenvalue weighted by atomic mass is 16.5. The van der Waals surface area contributed by atoms with Crippen LogP contribution in [-0.4, -0.2) is 6.71 Å². The van der Waals surface area contributed by atoms with Gasteiger partial charge in [-0.05, 0) is 101 Å². The van der Waals surface area contributed by atoms with Crippen LogP contribution in [0.2, 0.25) is 0 Å². The third kappa shape index (κ3) is 6.11. The average Bonchev–Trinajstić information content (AvgIpc) is 3.38. The molecule has 10 aromatic rings. The van der Waals surface area contributed by atoms with Crippen LogP contribution < -0.4 is 40.6 Å². The van der Waals surface area contributed by atoms with Gasteiger partial charge in [0, 0.05) is 68.5 Å². The van der Waals surface area contributed by atoms with Crippen LogP contribution in [0.15, 0.2) is 243 Å². The number of rotatable bonds is 9. The fraction of sp³-hybridized carbons (Fsp3) is 0. The molecule has 0 atom stereocenters. The van der Waals surface area contributed by atoms with Gasteiger partial charge in [-0.2, -0.15) is 0 Å². The molecular weight excluding hydrogens is 805 g/mol. The number of ether oxygens (including phenoxy) is 2. The van der Waals surface area contributed by atoms with Crippen LogP contribution in [-0.2, 0) is 0 Å². The first kappa shape index (κ1) is 37.8. The van der Waals surface area contributed by atoms with Gasteiger partial charge in [-0.15, -0.1) is 0 Å². The summed E-state index contributed by atoms with van der Waals surface area (Å²) in [4.78, 5) is 7.08. The van der Waals surface area contributed by atoms with Crippen LogP contribution >= 0.6 is 0 Å². The second-order valence-corrected chi connectivity index (χ2v) is 16.9. The van der Waals surface area contributed by atoms with E-state index in [2.05, 4.69) is 257 Å². The van der Waals surface area contributed by atoms with Crippen molar-refractivity contribution in [1.29, 1.82) is 0 Å². The van der Waals surface area contributed by atoms with E-state index in [1.165, 1.54) is 0 Å². The van der Waals surface area contributed by atoms with E-state index >= 15 is 0 Å². The summed E-state index contributed by atoms with van der Waals surface area (Å²) in [5.74, 6) is 3.25. The maximum Gasteiger partial charge on any atom is 0.266 e. The molecule has 3 aliphatic heterocycles. The number of hydrogen-bond donors (Lipinski definition) is 0. The van der Waals surface area contributed by atoms with Gasteiger partial charge in [0.05, 0.1) is 11.4 Å². The fourth-order valence-electron chi connectivity index (χ4n) is 10.2. The first-order valence-corrected chi connectivity index (χ1v) is 22.5. The fourth-order valence-corrected chi connectivity index (χ4v) is 10.2. The number of nitrogens with zero attached hydrogens (tertiary/aromatic N) is 3. The average molecular weight is 846 g/mol. The number of anilines is 9. The lowest BCUT2D eigenvalue weighted by molar-refractivity contribution is 0.466. The summed E-state index contributed by atoms with van der Waals surface area (Å²) >= 11 is 0. The lowest BCUT2D eigenvalue weighted by Gasteiger charge is -2.45. The highest BCUT2D eigenvalue weighted by Crippen LogP contribution is 2.53. The molecule has 0 saturated carbocycles. The molecule has 3 aliphatic rings. The molecule has 13 rings (SSSR count). The molecule has 3 heterocycles. The predicted octanol–water partition coefficient (Wildman–Crippen LogP) is 14.5. The number of benzene rings is 10. The van der Waals surface area contributed by atoms with Crippen molar-refractivity contribution in [3.63, 3.8) is 0 Å². The molecule has 0 amide bonds. The second kappa shape index (κ2) is 15.5. The van der Waals surface area contributed by atoms with Crippen molar-refractivity contribution < 1.29 is 9.47 Å². The molecule has 0 radical (unpaired) electrons. The van der Waals surface area contributed by atoms with Crippen molar-refractivity contribution in [2.24, 2.45) is 0 Å². The predicted molar refractivity (Wildman–Crippen MR) is 273 cm³/mol. The molecule has 0 saturated heterocycles. The zero-order chi connectivity index (χ0) is 43.6. The van der Waals surface area contributed by atoms with Crippen molar-refractivity contribution in [2.75, 3.05) is 14.7 Å². The molecule has 0 fully saturated rings. The van der Waals surface area contributed by atoms with E-state index in [1.807, 2.05) is 0 Å². The molecule has 10 aromatic carbocycles. The van der Waals surface area contributed by atoms with E-state index in [1.54, 1.807) is 0 Å². The third-order valence-electron chi connectivity index (χ3n) is 13.0. The molecule has 0 spiro atoms. The number of hydrogen-bond acceptors (Lipinski definition) is 5. The summed E-state index contributed by atoms with van der Waals surface area (Å²) in [5, 5.41) is 0. The van der Waals surface area contributed by atoms with Gasteiger partial charge in [0.2, 0.25) is 0 Å². The minimum Gasteiger partial charge on any atom is -0.457 e. The van der Waals surface area contributed by atoms with Crippen molar-refractivity contribution in [3.8, 4) is 45.3 Å². The molecule has 0 N–H and O–H groups in total. The van der Waals surface area contributed by atoms with Crippen LogP contribution in [0.3, 0.4) is 0 Å². The van der Waals surface area contributed by atoms with Crippen LogP contribution in [0.1, 0.15) is 0 Å². The summed E-state index contributed by atoms with van der Waals surface area (Å²) < 4.78 is 15.0. The summed E-state index contributed by atoms with van der Waals surface area (Å²) in [5.41, 5.74) is 16.7. The maximum absolute atomic E-state index is 7.51. The Bertz CT molecular complexity index is 3130. The van der Waals surface area contributed by atoms with Gasteiger partial charge in [-0.25, -0.2) is 0 Å². The summed E-state index contributed by atoms with van der Waals surface area (Å²) in [6, 6.07) is 85.8. The van der Waals surface area contributed by atoms with E-state index in [0.29, 0.717) is 0 Å². The maximum atomic E-state index is 7.51. The van der Waals surface area contributed by atoms with Crippen LogP contribution in [0.5, 0.6) is 23.0 Å². The molecule has 5 nitrogen and oxygen atoms in total. The van der Waals surface area contributed by atoms with Crippen LogP contribution in [0.25, 0.3) is 22.3 Å². The highest BCUT2D eigenvalue weighted by molar-refractivity contribution is 7.01. The van der Waals surface area contributed by atoms with Gasteiger partial charge in [-0.1, -0.05) is 152 Å². The Hall–Kier alpha value is -8.74. The standard InChI is InChI=1S/C60H40BN3O2/c1-8-22-41(23-9-1)50-40-51(42-24-10-2-11-25-42)60-58-59(50)65-54-38-48(62(43-26-12-3-13-27-43)44-28-14-4-15-29-44)36-52-56(54)61(58)57-53(64(52)47-34-20-7-21-35-47)37-49(39-55(57)66-60)63(45-30-16-5-17-31-45)46-32-18-6-19-33-46/h1-40H. The minimum absolute atomic E-state index is 0.217. The normalized spacial score (nSPS) is 12.4. The van der Waals surface area contributed by atoms with Crippen LogP contribution in [0.4, 0.5) is 51.2 Å². The Morgan fingerprint density at radius 1 is 0.318 bits per heavy atom. The Balaban J connectivity index is 1.16. The van der Waals surface area contributed by atoms with E-state index in [9.17, 15) is 0 Å². The van der Waals surface area contributed by atoms with Crippen LogP contribution in [0, 0.1) is 0 Å². The molecule has 66 heavy (non-hydrogen) atoms. The summed E-state index contributed by atoms with van der Waals surface area (Å²) in [6.45, 7) is -0.217. The first-order valence-electron chi connectivity index (χ1n) is 22.5. The summed E-state index contributed by atoms with van der Waals surface area (Å²) in [7, 11) is 0. The number of para-hydroxylation sites is 5. The van der Waals surface area contributed by atoms with Gasteiger partial charge in [0.1, 0.15) is 23.0 Å².